The molecule has 1 aliphatic carbocycles. The number of carbonyl (C=O) groups excluding carboxylic acids is 1. The number of halogens is 3. The molecule has 0 aliphatic heterocycles. The van der Waals surface area contributed by atoms with Gasteiger partial charge in [0.2, 0.25) is 11.8 Å². The highest BCUT2D eigenvalue weighted by molar-refractivity contribution is 5.84. The molecule has 1 amide bonds. The molecular formula is C22H20F3N3O2. The van der Waals surface area contributed by atoms with Crippen LogP contribution in [0.1, 0.15) is 36.4 Å². The van der Waals surface area contributed by atoms with Crippen molar-refractivity contribution >= 4 is 16.8 Å². The van der Waals surface area contributed by atoms with Crippen LogP contribution < -0.4 is 10.1 Å². The van der Waals surface area contributed by atoms with Crippen molar-refractivity contribution in [2.45, 2.75) is 31.5 Å². The van der Waals surface area contributed by atoms with E-state index in [4.69, 9.17) is 0 Å². The average molecular weight is 415 g/mol. The number of rotatable bonds is 6. The van der Waals surface area contributed by atoms with Crippen molar-refractivity contribution in [1.29, 1.82) is 0 Å². The van der Waals surface area contributed by atoms with Crippen molar-refractivity contribution in [2.75, 3.05) is 6.61 Å². The van der Waals surface area contributed by atoms with Crippen LogP contribution >= 0.6 is 0 Å². The molecule has 0 spiro atoms. The van der Waals surface area contributed by atoms with Crippen LogP contribution in [0.15, 0.2) is 54.9 Å². The predicted octanol–water partition coefficient (Wildman–Crippen LogP) is 4.55. The minimum absolute atomic E-state index is 0.0452. The standard InChI is InChI=1S/C22H20F3N3O2/c1-13(16-5-7-20(27-11-16)30-12-22(23,24)25)28-21(29)18-10-17(18)14-4-6-19-15(9-14)3-2-8-26-19/h2-9,11,13,17-18H,10,12H2,1H3,(H,28,29). The molecule has 0 radical (unpaired) electrons. The lowest BCUT2D eigenvalue weighted by Crippen LogP contribution is -2.28. The van der Waals surface area contributed by atoms with Gasteiger partial charge in [-0.3, -0.25) is 9.78 Å². The number of fused-ring (bicyclic) bond motifs is 1. The van der Waals surface area contributed by atoms with E-state index in [1.807, 2.05) is 31.2 Å². The third kappa shape index (κ3) is 4.69. The van der Waals surface area contributed by atoms with Crippen LogP contribution in [0.25, 0.3) is 10.9 Å². The minimum Gasteiger partial charge on any atom is -0.468 e. The van der Waals surface area contributed by atoms with Crippen molar-refractivity contribution in [3.63, 3.8) is 0 Å². The van der Waals surface area contributed by atoms with E-state index in [1.165, 1.54) is 12.3 Å². The van der Waals surface area contributed by atoms with Crippen LogP contribution in [0.4, 0.5) is 13.2 Å². The summed E-state index contributed by atoms with van der Waals surface area (Å²) in [7, 11) is 0. The summed E-state index contributed by atoms with van der Waals surface area (Å²) in [6, 6.07) is 12.6. The van der Waals surface area contributed by atoms with Crippen molar-refractivity contribution in [1.82, 2.24) is 15.3 Å². The van der Waals surface area contributed by atoms with Gasteiger partial charge in [-0.2, -0.15) is 13.2 Å². The third-order valence-corrected chi connectivity index (χ3v) is 5.18. The van der Waals surface area contributed by atoms with Gasteiger partial charge in [0.25, 0.3) is 0 Å². The van der Waals surface area contributed by atoms with Crippen molar-refractivity contribution in [2.24, 2.45) is 5.92 Å². The van der Waals surface area contributed by atoms with Gasteiger partial charge in [-0.25, -0.2) is 4.98 Å². The van der Waals surface area contributed by atoms with E-state index in [1.54, 1.807) is 12.3 Å². The highest BCUT2D eigenvalue weighted by Gasteiger charge is 2.44. The third-order valence-electron chi connectivity index (χ3n) is 5.18. The van der Waals surface area contributed by atoms with E-state index in [0.29, 0.717) is 5.56 Å². The van der Waals surface area contributed by atoms with E-state index in [2.05, 4.69) is 26.1 Å². The van der Waals surface area contributed by atoms with Gasteiger partial charge >= 0.3 is 6.18 Å². The largest absolute Gasteiger partial charge is 0.468 e. The van der Waals surface area contributed by atoms with E-state index in [0.717, 1.165) is 22.9 Å². The molecule has 2 heterocycles. The molecule has 1 fully saturated rings. The van der Waals surface area contributed by atoms with Gasteiger partial charge in [0.05, 0.1) is 11.6 Å². The number of carbonyl (C=O) groups is 1. The van der Waals surface area contributed by atoms with Crippen LogP contribution in [-0.4, -0.2) is 28.7 Å². The molecule has 30 heavy (non-hydrogen) atoms. The highest BCUT2D eigenvalue weighted by atomic mass is 19.4. The van der Waals surface area contributed by atoms with Crippen LogP contribution in [0.2, 0.25) is 0 Å². The zero-order chi connectivity index (χ0) is 21.3. The van der Waals surface area contributed by atoms with Crippen LogP contribution in [0.3, 0.4) is 0 Å². The Bertz CT molecular complexity index is 1050. The molecule has 8 heteroatoms. The molecule has 156 valence electrons. The van der Waals surface area contributed by atoms with Gasteiger partial charge in [0.1, 0.15) is 0 Å². The number of ether oxygens (including phenoxy) is 1. The second kappa shape index (κ2) is 7.93. The average Bonchev–Trinajstić information content (AvgIpc) is 3.53. The van der Waals surface area contributed by atoms with Crippen LogP contribution in [-0.2, 0) is 4.79 Å². The topological polar surface area (TPSA) is 64.1 Å². The van der Waals surface area contributed by atoms with Crippen molar-refractivity contribution in [3.8, 4) is 5.88 Å². The summed E-state index contributed by atoms with van der Waals surface area (Å²) in [6.45, 7) is 0.420. The Morgan fingerprint density at radius 1 is 1.23 bits per heavy atom. The molecular weight excluding hydrogens is 395 g/mol. The first kappa shape index (κ1) is 20.1. The summed E-state index contributed by atoms with van der Waals surface area (Å²) in [6.07, 6.45) is -0.464. The fraction of sp³-hybridized carbons (Fsp3) is 0.318. The summed E-state index contributed by atoms with van der Waals surface area (Å²) in [4.78, 5) is 20.8. The quantitative estimate of drug-likeness (QED) is 0.642. The summed E-state index contributed by atoms with van der Waals surface area (Å²) in [5, 5.41) is 4.01. The molecule has 0 bridgehead atoms. The first-order chi connectivity index (χ1) is 14.3. The van der Waals surface area contributed by atoms with E-state index in [9.17, 15) is 18.0 Å². The normalized spacial score (nSPS) is 19.3. The zero-order valence-electron chi connectivity index (χ0n) is 16.2. The fourth-order valence-corrected chi connectivity index (χ4v) is 3.47. The summed E-state index contributed by atoms with van der Waals surface area (Å²) >= 11 is 0. The summed E-state index contributed by atoms with van der Waals surface area (Å²) < 4.78 is 41.2. The number of hydrogen-bond donors (Lipinski definition) is 1. The van der Waals surface area contributed by atoms with Crippen LogP contribution in [0.5, 0.6) is 5.88 Å². The molecule has 5 nitrogen and oxygen atoms in total. The Hall–Kier alpha value is -3.16. The lowest BCUT2D eigenvalue weighted by atomic mass is 10.1. The Kier molecular flexibility index (Phi) is 5.32. The maximum atomic E-state index is 12.6. The second-order valence-electron chi connectivity index (χ2n) is 7.47. The number of hydrogen-bond acceptors (Lipinski definition) is 4. The molecule has 1 N–H and O–H groups in total. The molecule has 0 saturated heterocycles. The molecule has 3 unspecified atom stereocenters. The van der Waals surface area contributed by atoms with Gasteiger partial charge in [0.15, 0.2) is 6.61 Å². The molecule has 4 rings (SSSR count). The molecule has 1 saturated carbocycles. The highest BCUT2D eigenvalue weighted by Crippen LogP contribution is 2.48. The fourth-order valence-electron chi connectivity index (χ4n) is 3.47. The van der Waals surface area contributed by atoms with E-state index < -0.39 is 12.8 Å². The number of pyridine rings is 2. The Labute approximate surface area is 171 Å². The minimum atomic E-state index is -4.41. The monoisotopic (exact) mass is 415 g/mol. The Morgan fingerprint density at radius 3 is 2.80 bits per heavy atom. The van der Waals surface area contributed by atoms with E-state index >= 15 is 0 Å². The van der Waals surface area contributed by atoms with Gasteiger partial charge < -0.3 is 10.1 Å². The SMILES string of the molecule is CC(NC(=O)C1CC1c1ccc2ncccc2c1)c1ccc(OCC(F)(F)F)nc1. The van der Waals surface area contributed by atoms with Crippen LogP contribution in [0, 0.1) is 5.92 Å². The van der Waals surface area contributed by atoms with E-state index in [-0.39, 0.29) is 29.7 Å². The number of nitrogens with zero attached hydrogens (tertiary/aromatic N) is 2. The first-order valence-electron chi connectivity index (χ1n) is 9.61. The first-order valence-corrected chi connectivity index (χ1v) is 9.61. The second-order valence-corrected chi connectivity index (χ2v) is 7.47. The van der Waals surface area contributed by atoms with Gasteiger partial charge in [-0.1, -0.05) is 18.2 Å². The lowest BCUT2D eigenvalue weighted by molar-refractivity contribution is -0.154. The Morgan fingerprint density at radius 2 is 2.07 bits per heavy atom. The maximum absolute atomic E-state index is 12.6. The predicted molar refractivity (Wildman–Crippen MR) is 105 cm³/mol. The number of benzene rings is 1. The Balaban J connectivity index is 1.33. The summed E-state index contributed by atoms with van der Waals surface area (Å²) in [5.41, 5.74) is 2.74. The number of amides is 1. The molecule has 1 aliphatic rings. The van der Waals surface area contributed by atoms with Gasteiger partial charge in [-0.15, -0.1) is 0 Å². The number of aromatic nitrogens is 2. The smallest absolute Gasteiger partial charge is 0.422 e. The molecule has 1 aromatic carbocycles. The van der Waals surface area contributed by atoms with Gasteiger partial charge in [0, 0.05) is 29.8 Å². The molecule has 3 aromatic rings. The van der Waals surface area contributed by atoms with Gasteiger partial charge in [-0.05, 0) is 48.6 Å². The number of alkyl halides is 3. The maximum Gasteiger partial charge on any atom is 0.422 e. The zero-order valence-corrected chi connectivity index (χ0v) is 16.2. The number of nitrogens with one attached hydrogen (secondary N) is 1. The molecule has 3 atom stereocenters. The van der Waals surface area contributed by atoms with Crippen molar-refractivity contribution in [3.05, 3.63) is 66.0 Å². The summed E-state index contributed by atoms with van der Waals surface area (Å²) in [5.74, 6) is -0.0687. The molecule has 2 aromatic heterocycles. The van der Waals surface area contributed by atoms with Crippen molar-refractivity contribution < 1.29 is 22.7 Å². The lowest BCUT2D eigenvalue weighted by Gasteiger charge is -2.15.